The van der Waals surface area contributed by atoms with Gasteiger partial charge in [-0.1, -0.05) is 71.4 Å². The molecule has 0 aliphatic carbocycles. The van der Waals surface area contributed by atoms with Crippen molar-refractivity contribution >= 4 is 51.7 Å². The molecule has 0 radical (unpaired) electrons. The van der Waals surface area contributed by atoms with E-state index in [4.69, 9.17) is 28.2 Å². The molecule has 1 N–H and O–H groups in total. The molecule has 0 saturated carbocycles. The minimum atomic E-state index is -0.591. The summed E-state index contributed by atoms with van der Waals surface area (Å²) in [6.45, 7) is 3.70. The van der Waals surface area contributed by atoms with Crippen molar-refractivity contribution in [1.82, 2.24) is 10.3 Å². The fourth-order valence-electron chi connectivity index (χ4n) is 2.95. The van der Waals surface area contributed by atoms with Crippen molar-refractivity contribution in [1.29, 1.82) is 0 Å². The fourth-order valence-corrected chi connectivity index (χ4v) is 3.94. The summed E-state index contributed by atoms with van der Waals surface area (Å²) in [7, 11) is 0. The van der Waals surface area contributed by atoms with Crippen LogP contribution in [-0.2, 0) is 4.79 Å². The van der Waals surface area contributed by atoms with Crippen LogP contribution >= 0.6 is 35.0 Å². The minimum absolute atomic E-state index is 0.234. The Bertz CT molecular complexity index is 1100. The number of amides is 1. The third-order valence-electron chi connectivity index (χ3n) is 4.11. The maximum absolute atomic E-state index is 12.9. The van der Waals surface area contributed by atoms with Crippen LogP contribution in [-0.4, -0.2) is 21.8 Å². The van der Waals surface area contributed by atoms with Crippen molar-refractivity contribution < 1.29 is 4.79 Å². The molecule has 0 bridgehead atoms. The average Bonchev–Trinajstić information content (AvgIpc) is 2.67. The number of carbonyl (C=O) groups is 1. The van der Waals surface area contributed by atoms with Crippen molar-refractivity contribution in [3.05, 3.63) is 81.3 Å². The zero-order valence-electron chi connectivity index (χ0n) is 14.0. The van der Waals surface area contributed by atoms with Gasteiger partial charge in [0, 0.05) is 16.5 Å². The molecule has 136 valence electrons. The van der Waals surface area contributed by atoms with Crippen molar-refractivity contribution in [3.8, 4) is 0 Å². The molecule has 0 aromatic heterocycles. The first kappa shape index (κ1) is 18.1. The van der Waals surface area contributed by atoms with E-state index in [2.05, 4.69) is 17.0 Å². The Morgan fingerprint density at radius 2 is 2.04 bits per heavy atom. The average molecular weight is 417 g/mol. The van der Waals surface area contributed by atoms with Gasteiger partial charge in [-0.15, -0.1) is 11.7 Å². The van der Waals surface area contributed by atoms with Crippen molar-refractivity contribution in [3.63, 3.8) is 0 Å². The van der Waals surface area contributed by atoms with Crippen LogP contribution < -0.4 is 15.9 Å². The molecule has 5 nitrogen and oxygen atoms in total. The number of hydrazone groups is 1. The van der Waals surface area contributed by atoms with Crippen LogP contribution in [0.1, 0.15) is 11.7 Å². The van der Waals surface area contributed by atoms with Gasteiger partial charge >= 0.3 is 0 Å². The number of rotatable bonds is 3. The molecule has 1 amide bonds. The summed E-state index contributed by atoms with van der Waals surface area (Å²) in [6.07, 6.45) is 1.16. The third kappa shape index (κ3) is 3.25. The highest BCUT2D eigenvalue weighted by Gasteiger charge is 2.35. The van der Waals surface area contributed by atoms with E-state index in [9.17, 15) is 4.79 Å². The Kier molecular flexibility index (Phi) is 4.95. The van der Waals surface area contributed by atoms with Crippen LogP contribution in [0.4, 0.5) is 0 Å². The van der Waals surface area contributed by atoms with E-state index < -0.39 is 6.17 Å². The van der Waals surface area contributed by atoms with E-state index in [-0.39, 0.29) is 5.91 Å². The first-order valence-corrected chi connectivity index (χ1v) is 9.88. The number of hydrogen-bond acceptors (Lipinski definition) is 5. The molecule has 0 fully saturated rings. The second-order valence-electron chi connectivity index (χ2n) is 5.82. The van der Waals surface area contributed by atoms with Gasteiger partial charge in [-0.25, -0.2) is 5.01 Å². The highest BCUT2D eigenvalue weighted by Crippen LogP contribution is 2.37. The highest BCUT2D eigenvalue weighted by atomic mass is 35.5. The lowest BCUT2D eigenvalue weighted by atomic mass is 10.1. The summed E-state index contributed by atoms with van der Waals surface area (Å²) in [5.41, 5.74) is 1.12. The number of carbonyl (C=O) groups excluding carboxylic acids is 1. The van der Waals surface area contributed by atoms with E-state index in [1.54, 1.807) is 23.2 Å². The molecule has 2 heterocycles. The first-order chi connectivity index (χ1) is 13.1. The molecule has 27 heavy (non-hydrogen) atoms. The number of hydrogen-bond donors (Lipinski definition) is 1. The summed E-state index contributed by atoms with van der Waals surface area (Å²) in [4.78, 5) is 17.7. The van der Waals surface area contributed by atoms with Gasteiger partial charge in [-0.3, -0.25) is 15.1 Å². The molecule has 2 aliphatic rings. The van der Waals surface area contributed by atoms with Crippen molar-refractivity contribution in [2.24, 2.45) is 10.1 Å². The number of benzene rings is 2. The second-order valence-corrected chi connectivity index (χ2v) is 7.61. The predicted molar refractivity (Wildman–Crippen MR) is 110 cm³/mol. The van der Waals surface area contributed by atoms with E-state index in [0.717, 1.165) is 5.22 Å². The molecule has 2 aliphatic heterocycles. The molecule has 1 atom stereocenters. The lowest BCUT2D eigenvalue weighted by Crippen LogP contribution is -2.50. The molecule has 8 heteroatoms. The topological polar surface area (TPSA) is 57.1 Å². The van der Waals surface area contributed by atoms with Crippen LogP contribution in [0.2, 0.25) is 10.0 Å². The van der Waals surface area contributed by atoms with Gasteiger partial charge in [0.05, 0.1) is 15.4 Å². The van der Waals surface area contributed by atoms with Gasteiger partial charge in [-0.2, -0.15) is 0 Å². The zero-order chi connectivity index (χ0) is 19.0. The number of halogens is 2. The second kappa shape index (κ2) is 7.38. The van der Waals surface area contributed by atoms with Gasteiger partial charge in [-0.05, 0) is 12.1 Å². The monoisotopic (exact) mass is 416 g/mol. The number of thioether (sulfide) groups is 1. The first-order valence-electron chi connectivity index (χ1n) is 8.14. The Hall–Kier alpha value is -2.28. The van der Waals surface area contributed by atoms with Crippen molar-refractivity contribution in [2.45, 2.75) is 6.17 Å². The van der Waals surface area contributed by atoms with Crippen LogP contribution in [0, 0.1) is 0 Å². The Morgan fingerprint density at radius 1 is 1.22 bits per heavy atom. The minimum Gasteiger partial charge on any atom is -0.298 e. The number of para-hydroxylation sites is 1. The maximum Gasteiger partial charge on any atom is 0.276 e. The van der Waals surface area contributed by atoms with Crippen LogP contribution in [0.25, 0.3) is 5.70 Å². The fraction of sp³-hybridized carbons (Fsp3) is 0.105. The van der Waals surface area contributed by atoms with Crippen LogP contribution in [0.5, 0.6) is 0 Å². The third-order valence-corrected chi connectivity index (χ3v) is 5.81. The Labute approximate surface area is 170 Å². The van der Waals surface area contributed by atoms with Crippen molar-refractivity contribution in [2.75, 3.05) is 5.75 Å². The highest BCUT2D eigenvalue weighted by molar-refractivity contribution is 8.14. The zero-order valence-corrected chi connectivity index (χ0v) is 16.4. The largest absolute Gasteiger partial charge is 0.298 e. The lowest BCUT2D eigenvalue weighted by molar-refractivity contribution is -0.116. The van der Waals surface area contributed by atoms with E-state index in [1.165, 1.54) is 11.8 Å². The standard InChI is InChI=1S/C19H14Cl2N4OS/c1-2-10-27-19-23-18(26)16-11-6-3-4-9-14(11)22-17(25(16)24-19)12-7-5-8-13(20)15(12)21/h2-9,17H,1,10H2,(H,23,24,26)/t17-/m0/s1. The summed E-state index contributed by atoms with van der Waals surface area (Å²) in [5, 5.41) is 11.8. The molecule has 0 spiro atoms. The Balaban J connectivity index is 1.95. The number of nitrogens with one attached hydrogen (secondary N) is 1. The van der Waals surface area contributed by atoms with Gasteiger partial charge < -0.3 is 0 Å². The van der Waals surface area contributed by atoms with E-state index >= 15 is 0 Å². The molecular weight excluding hydrogens is 403 g/mol. The van der Waals surface area contributed by atoms with Gasteiger partial charge in [0.1, 0.15) is 5.70 Å². The van der Waals surface area contributed by atoms with E-state index in [1.807, 2.05) is 30.3 Å². The van der Waals surface area contributed by atoms with Crippen LogP contribution in [0.3, 0.4) is 0 Å². The van der Waals surface area contributed by atoms with Gasteiger partial charge in [0.15, 0.2) is 11.3 Å². The molecule has 4 rings (SSSR count). The molecule has 0 unspecified atom stereocenters. The molecule has 0 saturated heterocycles. The van der Waals surface area contributed by atoms with Gasteiger partial charge in [0.25, 0.3) is 5.91 Å². The Morgan fingerprint density at radius 3 is 2.85 bits per heavy atom. The smallest absolute Gasteiger partial charge is 0.276 e. The number of fused-ring (bicyclic) bond motifs is 2. The normalized spacial score (nSPS) is 18.1. The number of amidine groups is 1. The molecular formula is C19H14Cl2N4OS. The summed E-state index contributed by atoms with van der Waals surface area (Å²) in [5.74, 6) is 0.389. The van der Waals surface area contributed by atoms with E-state index in [0.29, 0.717) is 37.6 Å². The lowest BCUT2D eigenvalue weighted by Gasteiger charge is -2.34. The summed E-state index contributed by atoms with van der Waals surface area (Å²) in [6, 6.07) is 12.8. The summed E-state index contributed by atoms with van der Waals surface area (Å²) >= 11 is 14.0. The maximum atomic E-state index is 12.9. The molecule has 2 aromatic rings. The van der Waals surface area contributed by atoms with Crippen LogP contribution in [0.15, 0.2) is 65.2 Å². The number of nitrogens with zero attached hydrogens (tertiary/aromatic N) is 3. The SMILES string of the molecule is C=CCSC1=NN2C(=c3ccccc3=N[C@@H]2c2cccc(Cl)c2Cl)C(=O)N1. The quantitative estimate of drug-likeness (QED) is 0.782. The van der Waals surface area contributed by atoms with Gasteiger partial charge in [0.2, 0.25) is 0 Å². The predicted octanol–water partition coefficient (Wildman–Crippen LogP) is 3.06. The molecule has 2 aromatic carbocycles. The summed E-state index contributed by atoms with van der Waals surface area (Å²) < 4.78 is 0.